The predicted octanol–water partition coefficient (Wildman–Crippen LogP) is 2.08. The molecule has 0 aliphatic heterocycles. The third kappa shape index (κ3) is 2.20. The summed E-state index contributed by atoms with van der Waals surface area (Å²) in [5.41, 5.74) is 1.24. The Morgan fingerprint density at radius 3 is 2.79 bits per heavy atom. The molecule has 0 spiro atoms. The lowest BCUT2D eigenvalue weighted by Gasteiger charge is -2.08. The molecule has 14 heavy (non-hydrogen) atoms. The molecule has 0 saturated carbocycles. The monoisotopic (exact) mass is 212 g/mol. The third-order valence-corrected chi connectivity index (χ3v) is 2.43. The van der Waals surface area contributed by atoms with E-state index in [0.717, 1.165) is 11.8 Å². The van der Waals surface area contributed by atoms with Crippen LogP contribution in [0.25, 0.3) is 0 Å². The first-order valence-corrected chi connectivity index (χ1v) is 5.46. The van der Waals surface area contributed by atoms with Crippen LogP contribution >= 0.6 is 11.8 Å². The van der Waals surface area contributed by atoms with Crippen molar-refractivity contribution in [2.75, 3.05) is 13.4 Å². The molecule has 0 bridgehead atoms. The number of hydrogen-bond acceptors (Lipinski definition) is 4. The quantitative estimate of drug-likeness (QED) is 0.776. The lowest BCUT2D eigenvalue weighted by molar-refractivity contribution is 0.112. The second-order valence-corrected chi connectivity index (χ2v) is 3.65. The highest BCUT2D eigenvalue weighted by Crippen LogP contribution is 2.32. The zero-order valence-corrected chi connectivity index (χ0v) is 8.93. The van der Waals surface area contributed by atoms with Crippen molar-refractivity contribution in [2.45, 2.75) is 5.75 Å². The van der Waals surface area contributed by atoms with Gasteiger partial charge in [0.1, 0.15) is 6.29 Å². The van der Waals surface area contributed by atoms with Crippen LogP contribution in [0.5, 0.6) is 11.5 Å². The normalized spacial score (nSPS) is 9.86. The maximum absolute atomic E-state index is 10.6. The van der Waals surface area contributed by atoms with E-state index < -0.39 is 0 Å². The first-order chi connectivity index (χ1) is 6.72. The van der Waals surface area contributed by atoms with Gasteiger partial charge in [-0.3, -0.25) is 4.79 Å². The Hall–Kier alpha value is -1.16. The number of phenols is 1. The number of aromatic hydroxyl groups is 1. The van der Waals surface area contributed by atoms with E-state index in [4.69, 9.17) is 4.74 Å². The molecule has 0 amide bonds. The molecule has 4 heteroatoms. The van der Waals surface area contributed by atoms with Crippen LogP contribution in [0.4, 0.5) is 0 Å². The zero-order valence-electron chi connectivity index (χ0n) is 8.11. The minimum Gasteiger partial charge on any atom is -0.504 e. The molecule has 0 aliphatic carbocycles. The van der Waals surface area contributed by atoms with Crippen molar-refractivity contribution in [3.63, 3.8) is 0 Å². The number of carbonyl (C=O) groups is 1. The summed E-state index contributed by atoms with van der Waals surface area (Å²) >= 11 is 1.58. The largest absolute Gasteiger partial charge is 0.504 e. The lowest BCUT2D eigenvalue weighted by Crippen LogP contribution is -1.92. The summed E-state index contributed by atoms with van der Waals surface area (Å²) in [5.74, 6) is 1.12. The number of methoxy groups -OCH3 is 1. The van der Waals surface area contributed by atoms with Crippen LogP contribution < -0.4 is 4.74 Å². The van der Waals surface area contributed by atoms with E-state index in [1.807, 2.05) is 6.26 Å². The Morgan fingerprint density at radius 1 is 1.57 bits per heavy atom. The van der Waals surface area contributed by atoms with E-state index in [9.17, 15) is 9.90 Å². The Balaban J connectivity index is 3.19. The highest BCUT2D eigenvalue weighted by Gasteiger charge is 2.09. The van der Waals surface area contributed by atoms with Gasteiger partial charge in [-0.2, -0.15) is 11.8 Å². The van der Waals surface area contributed by atoms with E-state index in [1.165, 1.54) is 13.2 Å². The van der Waals surface area contributed by atoms with Crippen molar-refractivity contribution in [1.29, 1.82) is 0 Å². The zero-order chi connectivity index (χ0) is 10.6. The Bertz CT molecular complexity index is 336. The number of phenolic OH excluding ortho intramolecular Hbond substituents is 1. The Morgan fingerprint density at radius 2 is 2.29 bits per heavy atom. The highest BCUT2D eigenvalue weighted by molar-refractivity contribution is 7.97. The summed E-state index contributed by atoms with van der Waals surface area (Å²) in [7, 11) is 1.46. The van der Waals surface area contributed by atoms with Gasteiger partial charge in [0.2, 0.25) is 0 Å². The van der Waals surface area contributed by atoms with E-state index in [2.05, 4.69) is 0 Å². The molecule has 0 fully saturated rings. The van der Waals surface area contributed by atoms with Crippen LogP contribution in [0.3, 0.4) is 0 Å². The number of carbonyl (C=O) groups excluding carboxylic acids is 1. The van der Waals surface area contributed by atoms with E-state index >= 15 is 0 Å². The maximum Gasteiger partial charge on any atom is 0.161 e. The minimum atomic E-state index is 0.118. The number of hydrogen-bond donors (Lipinski definition) is 1. The lowest BCUT2D eigenvalue weighted by atomic mass is 10.1. The molecule has 1 aromatic carbocycles. The standard InChI is InChI=1S/C10H12O3S/c1-13-9-4-7(5-11)3-8(6-14-2)10(9)12/h3-5,12H,6H2,1-2H3. The molecule has 0 unspecified atom stereocenters. The van der Waals surface area contributed by atoms with Crippen LogP contribution in [0.1, 0.15) is 15.9 Å². The fraction of sp³-hybridized carbons (Fsp3) is 0.300. The van der Waals surface area contributed by atoms with Crippen molar-refractivity contribution in [1.82, 2.24) is 0 Å². The molecule has 0 aliphatic rings. The van der Waals surface area contributed by atoms with Gasteiger partial charge in [0.05, 0.1) is 7.11 Å². The van der Waals surface area contributed by atoms with Crippen molar-refractivity contribution >= 4 is 18.0 Å². The molecule has 0 atom stereocenters. The first kappa shape index (κ1) is 10.9. The summed E-state index contributed by atoms with van der Waals surface area (Å²) in [5, 5.41) is 9.69. The molecule has 1 rings (SSSR count). The molecule has 76 valence electrons. The number of benzene rings is 1. The van der Waals surface area contributed by atoms with Gasteiger partial charge in [-0.25, -0.2) is 0 Å². The molecular formula is C10H12O3S. The van der Waals surface area contributed by atoms with Gasteiger partial charge in [0, 0.05) is 16.9 Å². The molecule has 0 radical (unpaired) electrons. The van der Waals surface area contributed by atoms with Gasteiger partial charge in [0.15, 0.2) is 11.5 Å². The first-order valence-electron chi connectivity index (χ1n) is 4.07. The van der Waals surface area contributed by atoms with E-state index in [-0.39, 0.29) is 5.75 Å². The fourth-order valence-electron chi connectivity index (χ4n) is 1.18. The van der Waals surface area contributed by atoms with Crippen LogP contribution in [0.2, 0.25) is 0 Å². The van der Waals surface area contributed by atoms with Gasteiger partial charge in [-0.05, 0) is 18.4 Å². The second kappa shape index (κ2) is 4.91. The van der Waals surface area contributed by atoms with Crippen molar-refractivity contribution < 1.29 is 14.6 Å². The Labute approximate surface area is 87.1 Å². The van der Waals surface area contributed by atoms with E-state index in [1.54, 1.807) is 17.8 Å². The number of rotatable bonds is 4. The van der Waals surface area contributed by atoms with Gasteiger partial charge >= 0.3 is 0 Å². The van der Waals surface area contributed by atoms with Crippen molar-refractivity contribution in [3.8, 4) is 11.5 Å². The predicted molar refractivity (Wildman–Crippen MR) is 57.3 cm³/mol. The highest BCUT2D eigenvalue weighted by atomic mass is 32.2. The van der Waals surface area contributed by atoms with E-state index in [0.29, 0.717) is 17.1 Å². The summed E-state index contributed by atoms with van der Waals surface area (Å²) in [4.78, 5) is 10.6. The van der Waals surface area contributed by atoms with Crippen LogP contribution in [0.15, 0.2) is 12.1 Å². The topological polar surface area (TPSA) is 46.5 Å². The molecule has 1 aromatic rings. The summed E-state index contributed by atoms with van der Waals surface area (Å²) in [6.07, 6.45) is 2.67. The minimum absolute atomic E-state index is 0.118. The van der Waals surface area contributed by atoms with Gasteiger partial charge < -0.3 is 9.84 Å². The molecule has 0 saturated heterocycles. The van der Waals surface area contributed by atoms with Gasteiger partial charge in [-0.15, -0.1) is 0 Å². The summed E-state index contributed by atoms with van der Waals surface area (Å²) in [6, 6.07) is 3.19. The fourth-order valence-corrected chi connectivity index (χ4v) is 1.71. The summed E-state index contributed by atoms with van der Waals surface area (Å²) < 4.78 is 4.96. The van der Waals surface area contributed by atoms with Crippen LogP contribution in [-0.4, -0.2) is 24.8 Å². The van der Waals surface area contributed by atoms with Crippen LogP contribution in [-0.2, 0) is 5.75 Å². The van der Waals surface area contributed by atoms with Gasteiger partial charge in [-0.1, -0.05) is 0 Å². The van der Waals surface area contributed by atoms with Crippen molar-refractivity contribution in [3.05, 3.63) is 23.3 Å². The molecule has 3 nitrogen and oxygen atoms in total. The average molecular weight is 212 g/mol. The average Bonchev–Trinajstić information content (AvgIpc) is 2.21. The number of thioether (sulfide) groups is 1. The smallest absolute Gasteiger partial charge is 0.161 e. The molecule has 1 N–H and O–H groups in total. The SMILES string of the molecule is COc1cc(C=O)cc(CSC)c1O. The maximum atomic E-state index is 10.6. The molecule has 0 heterocycles. The third-order valence-electron chi connectivity index (χ3n) is 1.83. The van der Waals surface area contributed by atoms with Crippen LogP contribution in [0, 0.1) is 0 Å². The second-order valence-electron chi connectivity index (χ2n) is 2.78. The number of aldehydes is 1. The molecule has 0 aromatic heterocycles. The summed E-state index contributed by atoms with van der Waals surface area (Å²) in [6.45, 7) is 0. The molecular weight excluding hydrogens is 200 g/mol. The van der Waals surface area contributed by atoms with Gasteiger partial charge in [0.25, 0.3) is 0 Å². The van der Waals surface area contributed by atoms with Crippen molar-refractivity contribution in [2.24, 2.45) is 0 Å². The number of ether oxygens (including phenoxy) is 1. The Kier molecular flexibility index (Phi) is 3.83.